The van der Waals surface area contributed by atoms with E-state index in [-0.39, 0.29) is 0 Å². The van der Waals surface area contributed by atoms with Gasteiger partial charge in [0.05, 0.1) is 0 Å². The summed E-state index contributed by atoms with van der Waals surface area (Å²) in [6.07, 6.45) is 16.8. The van der Waals surface area contributed by atoms with Crippen LogP contribution in [0.3, 0.4) is 0 Å². The molecule has 1 saturated carbocycles. The summed E-state index contributed by atoms with van der Waals surface area (Å²) in [5, 5.41) is 0. The molecule has 0 aromatic carbocycles. The average molecular weight is 250 g/mol. The van der Waals surface area contributed by atoms with E-state index in [0.29, 0.717) is 12.1 Å². The monoisotopic (exact) mass is 250 g/mol. The minimum absolute atomic E-state index is 0.466. The van der Waals surface area contributed by atoms with Gasteiger partial charge < -0.3 is 5.73 Å². The van der Waals surface area contributed by atoms with Gasteiger partial charge in [-0.3, -0.25) is 4.90 Å². The summed E-state index contributed by atoms with van der Waals surface area (Å²) >= 11 is 0. The molecule has 0 spiro atoms. The molecule has 2 nitrogen and oxygen atoms in total. The molecule has 0 saturated heterocycles. The lowest BCUT2D eigenvalue weighted by Crippen LogP contribution is -2.45. The molecule has 0 aliphatic heterocycles. The molecule has 0 heterocycles. The predicted octanol–water partition coefficient (Wildman–Crippen LogP) is 3.47. The molecule has 2 heteroatoms. The summed E-state index contributed by atoms with van der Waals surface area (Å²) in [4.78, 5) is 2.74. The van der Waals surface area contributed by atoms with E-state index < -0.39 is 0 Å². The molecule has 0 aromatic heterocycles. The molecule has 2 aliphatic rings. The minimum atomic E-state index is 0.466. The molecule has 0 bridgehead atoms. The molecule has 0 amide bonds. The molecule has 2 aliphatic carbocycles. The summed E-state index contributed by atoms with van der Waals surface area (Å²) in [5.74, 6) is 0. The molecule has 104 valence electrons. The van der Waals surface area contributed by atoms with Crippen LogP contribution >= 0.6 is 0 Å². The van der Waals surface area contributed by atoms with Crippen molar-refractivity contribution in [3.8, 4) is 0 Å². The molecule has 1 unspecified atom stereocenters. The van der Waals surface area contributed by atoms with E-state index in [4.69, 9.17) is 5.73 Å². The normalized spacial score (nSPS) is 36.1. The van der Waals surface area contributed by atoms with Gasteiger partial charge in [0.25, 0.3) is 0 Å². The highest BCUT2D eigenvalue weighted by Gasteiger charge is 2.27. The molecule has 0 aromatic rings. The van der Waals surface area contributed by atoms with Crippen LogP contribution in [0.5, 0.6) is 0 Å². The SMILES string of the molecule is CCN(C1/C=C/CCCCC1)C1CCC(N)CC1. The first-order chi connectivity index (χ1) is 8.81. The van der Waals surface area contributed by atoms with Crippen molar-refractivity contribution in [3.05, 3.63) is 12.2 Å². The van der Waals surface area contributed by atoms with Gasteiger partial charge in [0.1, 0.15) is 0 Å². The summed E-state index contributed by atoms with van der Waals surface area (Å²) in [7, 11) is 0. The van der Waals surface area contributed by atoms with Gasteiger partial charge in [0, 0.05) is 18.1 Å². The smallest absolute Gasteiger partial charge is 0.0281 e. The first kappa shape index (κ1) is 14.1. The van der Waals surface area contributed by atoms with Crippen molar-refractivity contribution in [1.82, 2.24) is 4.90 Å². The van der Waals surface area contributed by atoms with Gasteiger partial charge in [-0.2, -0.15) is 0 Å². The molecule has 2 N–H and O–H groups in total. The van der Waals surface area contributed by atoms with E-state index in [9.17, 15) is 0 Å². The summed E-state index contributed by atoms with van der Waals surface area (Å²) < 4.78 is 0. The van der Waals surface area contributed by atoms with E-state index in [1.54, 1.807) is 0 Å². The molecule has 2 rings (SSSR count). The number of hydrogen-bond donors (Lipinski definition) is 1. The van der Waals surface area contributed by atoms with Gasteiger partial charge in [-0.05, 0) is 51.5 Å². The lowest BCUT2D eigenvalue weighted by Gasteiger charge is -2.40. The Kier molecular flexibility index (Phi) is 5.71. The molecule has 0 radical (unpaired) electrons. The van der Waals surface area contributed by atoms with Gasteiger partial charge in [0.15, 0.2) is 0 Å². The maximum Gasteiger partial charge on any atom is 0.0281 e. The quantitative estimate of drug-likeness (QED) is 0.777. The van der Waals surface area contributed by atoms with Gasteiger partial charge >= 0.3 is 0 Å². The van der Waals surface area contributed by atoms with Crippen LogP contribution in [-0.4, -0.2) is 29.6 Å². The van der Waals surface area contributed by atoms with E-state index in [1.165, 1.54) is 64.3 Å². The fraction of sp³-hybridized carbons (Fsp3) is 0.875. The van der Waals surface area contributed by atoms with E-state index in [0.717, 1.165) is 6.04 Å². The fourth-order valence-corrected chi connectivity index (χ4v) is 3.62. The summed E-state index contributed by atoms with van der Waals surface area (Å²) in [6, 6.07) is 1.94. The predicted molar refractivity (Wildman–Crippen MR) is 78.6 cm³/mol. The van der Waals surface area contributed by atoms with Crippen LogP contribution in [-0.2, 0) is 0 Å². The van der Waals surface area contributed by atoms with Crippen molar-refractivity contribution in [3.63, 3.8) is 0 Å². The summed E-state index contributed by atoms with van der Waals surface area (Å²) in [6.45, 7) is 3.51. The Balaban J connectivity index is 1.95. The van der Waals surface area contributed by atoms with Gasteiger partial charge in [0.2, 0.25) is 0 Å². The molecule has 1 atom stereocenters. The second kappa shape index (κ2) is 7.30. The first-order valence-electron chi connectivity index (χ1n) is 7.99. The van der Waals surface area contributed by atoms with Crippen LogP contribution in [0.25, 0.3) is 0 Å². The topological polar surface area (TPSA) is 29.3 Å². The maximum atomic E-state index is 6.03. The van der Waals surface area contributed by atoms with Crippen molar-refractivity contribution >= 4 is 0 Å². The Morgan fingerprint density at radius 2 is 1.83 bits per heavy atom. The zero-order chi connectivity index (χ0) is 12.8. The highest BCUT2D eigenvalue weighted by Crippen LogP contribution is 2.26. The number of hydrogen-bond acceptors (Lipinski definition) is 2. The third-order valence-corrected chi connectivity index (χ3v) is 4.73. The van der Waals surface area contributed by atoms with E-state index in [2.05, 4.69) is 24.0 Å². The Morgan fingerprint density at radius 1 is 1.06 bits per heavy atom. The van der Waals surface area contributed by atoms with Crippen LogP contribution in [0.15, 0.2) is 12.2 Å². The lowest BCUT2D eigenvalue weighted by molar-refractivity contribution is 0.120. The van der Waals surface area contributed by atoms with Crippen molar-refractivity contribution in [1.29, 1.82) is 0 Å². The number of nitrogens with two attached hydrogens (primary N) is 1. The van der Waals surface area contributed by atoms with Gasteiger partial charge in [-0.1, -0.05) is 31.9 Å². The van der Waals surface area contributed by atoms with Crippen molar-refractivity contribution < 1.29 is 0 Å². The first-order valence-corrected chi connectivity index (χ1v) is 7.99. The van der Waals surface area contributed by atoms with Crippen LogP contribution in [0.1, 0.15) is 64.7 Å². The minimum Gasteiger partial charge on any atom is -0.328 e. The van der Waals surface area contributed by atoms with Gasteiger partial charge in [-0.25, -0.2) is 0 Å². The molecule has 18 heavy (non-hydrogen) atoms. The molecule has 1 fully saturated rings. The highest BCUT2D eigenvalue weighted by molar-refractivity contribution is 4.98. The number of nitrogens with zero attached hydrogens (tertiary/aromatic N) is 1. The Morgan fingerprint density at radius 3 is 2.56 bits per heavy atom. The second-order valence-corrected chi connectivity index (χ2v) is 6.03. The van der Waals surface area contributed by atoms with Crippen LogP contribution < -0.4 is 5.73 Å². The maximum absolute atomic E-state index is 6.03. The molecular weight excluding hydrogens is 220 g/mol. The van der Waals surface area contributed by atoms with Crippen molar-refractivity contribution in [2.24, 2.45) is 5.73 Å². The third-order valence-electron chi connectivity index (χ3n) is 4.73. The highest BCUT2D eigenvalue weighted by atomic mass is 15.2. The lowest BCUT2D eigenvalue weighted by atomic mass is 9.89. The van der Waals surface area contributed by atoms with E-state index >= 15 is 0 Å². The van der Waals surface area contributed by atoms with Crippen molar-refractivity contribution in [2.75, 3.05) is 6.54 Å². The Hall–Kier alpha value is -0.340. The third kappa shape index (κ3) is 3.83. The zero-order valence-corrected chi connectivity index (χ0v) is 12.0. The van der Waals surface area contributed by atoms with Crippen LogP contribution in [0, 0.1) is 0 Å². The zero-order valence-electron chi connectivity index (χ0n) is 12.0. The number of likely N-dealkylation sites (N-methyl/N-ethyl adjacent to an activating group) is 1. The summed E-state index contributed by atoms with van der Waals surface area (Å²) in [5.41, 5.74) is 6.03. The fourth-order valence-electron chi connectivity index (χ4n) is 3.62. The van der Waals surface area contributed by atoms with Crippen LogP contribution in [0.4, 0.5) is 0 Å². The standard InChI is InChI=1S/C16H30N2/c1-2-18(16-12-10-14(17)11-13-16)15-8-6-4-3-5-7-9-15/h6,8,14-16H,2-5,7,9-13,17H2,1H3/b8-6+. The largest absolute Gasteiger partial charge is 0.328 e. The van der Waals surface area contributed by atoms with Crippen molar-refractivity contribution in [2.45, 2.75) is 82.8 Å². The Labute approximate surface area is 113 Å². The van der Waals surface area contributed by atoms with Crippen LogP contribution in [0.2, 0.25) is 0 Å². The number of rotatable bonds is 3. The Bertz CT molecular complexity index is 254. The molecular formula is C16H30N2. The second-order valence-electron chi connectivity index (χ2n) is 6.03. The van der Waals surface area contributed by atoms with Gasteiger partial charge in [-0.15, -0.1) is 0 Å². The van der Waals surface area contributed by atoms with E-state index in [1.807, 2.05) is 0 Å². The number of allylic oxidation sites excluding steroid dienone is 1. The average Bonchev–Trinajstić information content (AvgIpc) is 2.34.